The third-order valence-corrected chi connectivity index (χ3v) is 4.27. The van der Waals surface area contributed by atoms with Crippen molar-refractivity contribution in [2.75, 3.05) is 0 Å². The van der Waals surface area contributed by atoms with Crippen LogP contribution in [0.4, 0.5) is 0 Å². The number of rotatable bonds is 2. The molecule has 0 spiro atoms. The molecule has 1 heterocycles. The first-order chi connectivity index (χ1) is 9.28. The maximum atomic E-state index is 9.19. The third kappa shape index (κ3) is 2.37. The molecule has 0 bridgehead atoms. The van der Waals surface area contributed by atoms with Gasteiger partial charge in [-0.05, 0) is 40.2 Å². The van der Waals surface area contributed by atoms with E-state index >= 15 is 0 Å². The highest BCUT2D eigenvalue weighted by Crippen LogP contribution is 2.32. The van der Waals surface area contributed by atoms with Crippen LogP contribution in [0.15, 0.2) is 57.0 Å². The Morgan fingerprint density at radius 2 is 2.00 bits per heavy atom. The van der Waals surface area contributed by atoms with Crippen LogP contribution in [-0.4, -0.2) is 9.97 Å². The number of aromatic amines is 1. The van der Waals surface area contributed by atoms with Gasteiger partial charge in [0.2, 0.25) is 0 Å². The van der Waals surface area contributed by atoms with Crippen LogP contribution in [0.5, 0.6) is 0 Å². The highest BCUT2D eigenvalue weighted by Gasteiger charge is 2.10. The summed E-state index contributed by atoms with van der Waals surface area (Å²) in [6, 6.07) is 15.8. The molecule has 3 aromatic rings. The lowest BCUT2D eigenvalue weighted by Crippen LogP contribution is -1.84. The van der Waals surface area contributed by atoms with Crippen LogP contribution in [-0.2, 0) is 0 Å². The first-order valence-electron chi connectivity index (χ1n) is 5.59. The molecule has 0 saturated carbocycles. The Morgan fingerprint density at radius 3 is 2.79 bits per heavy atom. The zero-order valence-corrected chi connectivity index (χ0v) is 12.1. The number of nitrogens with one attached hydrogen (secondary N) is 1. The van der Waals surface area contributed by atoms with Crippen LogP contribution in [0.25, 0.3) is 11.0 Å². The lowest BCUT2D eigenvalue weighted by Gasteiger charge is -2.02. The number of para-hydroxylation sites is 2. The number of hydrogen-bond donors (Lipinski definition) is 1. The summed E-state index contributed by atoms with van der Waals surface area (Å²) in [6.45, 7) is 0. The van der Waals surface area contributed by atoms with E-state index in [-0.39, 0.29) is 0 Å². The molecule has 5 heteroatoms. The minimum atomic E-state index is 0.632. The second kappa shape index (κ2) is 5.08. The van der Waals surface area contributed by atoms with Crippen LogP contribution >= 0.6 is 27.7 Å². The quantitative estimate of drug-likeness (QED) is 0.760. The molecule has 0 aliphatic rings. The molecule has 92 valence electrons. The van der Waals surface area contributed by atoms with Gasteiger partial charge in [-0.2, -0.15) is 5.26 Å². The summed E-state index contributed by atoms with van der Waals surface area (Å²) < 4.78 is 0.802. The van der Waals surface area contributed by atoms with Gasteiger partial charge < -0.3 is 4.98 Å². The molecule has 1 aromatic heterocycles. The van der Waals surface area contributed by atoms with Crippen molar-refractivity contribution < 1.29 is 0 Å². The SMILES string of the molecule is N#Cc1c(Br)cccc1Sc1nc2ccccc2[nH]1. The number of nitrogens with zero attached hydrogens (tertiary/aromatic N) is 2. The molecule has 0 fully saturated rings. The number of fused-ring (bicyclic) bond motifs is 1. The monoisotopic (exact) mass is 329 g/mol. The van der Waals surface area contributed by atoms with Gasteiger partial charge in [0.1, 0.15) is 6.07 Å². The Balaban J connectivity index is 2.02. The fraction of sp³-hybridized carbons (Fsp3) is 0. The van der Waals surface area contributed by atoms with Gasteiger partial charge in [-0.3, -0.25) is 0 Å². The summed E-state index contributed by atoms with van der Waals surface area (Å²) in [5.74, 6) is 0. The molecule has 0 unspecified atom stereocenters. The van der Waals surface area contributed by atoms with Crippen molar-refractivity contribution >= 4 is 38.7 Å². The van der Waals surface area contributed by atoms with Crippen LogP contribution < -0.4 is 0 Å². The lowest BCUT2D eigenvalue weighted by atomic mass is 10.2. The number of benzene rings is 2. The highest BCUT2D eigenvalue weighted by molar-refractivity contribution is 9.10. The number of hydrogen-bond acceptors (Lipinski definition) is 3. The first kappa shape index (κ1) is 12.3. The van der Waals surface area contributed by atoms with E-state index in [4.69, 9.17) is 0 Å². The second-order valence-corrected chi connectivity index (χ2v) is 5.77. The molecular formula is C14H8BrN3S. The topological polar surface area (TPSA) is 52.5 Å². The molecule has 1 N–H and O–H groups in total. The van der Waals surface area contributed by atoms with Crippen molar-refractivity contribution in [2.45, 2.75) is 10.1 Å². The summed E-state index contributed by atoms with van der Waals surface area (Å²) in [4.78, 5) is 8.62. The average molecular weight is 330 g/mol. The van der Waals surface area contributed by atoms with Gasteiger partial charge in [0, 0.05) is 9.37 Å². The molecule has 3 nitrogen and oxygen atoms in total. The Kier molecular flexibility index (Phi) is 3.28. The minimum absolute atomic E-state index is 0.632. The molecule has 0 radical (unpaired) electrons. The first-order valence-corrected chi connectivity index (χ1v) is 7.20. The standard InChI is InChI=1S/C14H8BrN3S/c15-10-4-3-7-13(9(10)8-16)19-14-17-11-5-1-2-6-12(11)18-14/h1-7H,(H,17,18). The third-order valence-electron chi connectivity index (χ3n) is 2.66. The van der Waals surface area contributed by atoms with Gasteiger partial charge in [-0.15, -0.1) is 0 Å². The van der Waals surface area contributed by atoms with E-state index in [0.717, 1.165) is 25.6 Å². The van der Waals surface area contributed by atoms with Crippen molar-refractivity contribution in [3.05, 3.63) is 52.5 Å². The van der Waals surface area contributed by atoms with Gasteiger partial charge in [0.15, 0.2) is 5.16 Å². The van der Waals surface area contributed by atoms with Crippen molar-refractivity contribution in [1.29, 1.82) is 5.26 Å². The predicted octanol–water partition coefficient (Wildman–Crippen LogP) is 4.35. The summed E-state index contributed by atoms with van der Waals surface area (Å²) in [7, 11) is 0. The molecule has 0 atom stereocenters. The van der Waals surface area contributed by atoms with E-state index in [1.807, 2.05) is 42.5 Å². The van der Waals surface area contributed by atoms with Crippen LogP contribution in [0.1, 0.15) is 5.56 Å². The number of imidazole rings is 1. The number of halogens is 1. The van der Waals surface area contributed by atoms with E-state index in [9.17, 15) is 5.26 Å². The zero-order chi connectivity index (χ0) is 13.2. The number of nitriles is 1. The fourth-order valence-electron chi connectivity index (χ4n) is 1.78. The number of H-pyrrole nitrogens is 1. The molecule has 0 aliphatic heterocycles. The van der Waals surface area contributed by atoms with Gasteiger partial charge in [-0.1, -0.05) is 30.0 Å². The molecular weight excluding hydrogens is 322 g/mol. The van der Waals surface area contributed by atoms with Crippen LogP contribution in [0.3, 0.4) is 0 Å². The van der Waals surface area contributed by atoms with Crippen molar-refractivity contribution in [1.82, 2.24) is 9.97 Å². The van der Waals surface area contributed by atoms with Gasteiger partial charge in [0.25, 0.3) is 0 Å². The normalized spacial score (nSPS) is 10.5. The van der Waals surface area contributed by atoms with Gasteiger partial charge >= 0.3 is 0 Å². The smallest absolute Gasteiger partial charge is 0.171 e. The molecule has 0 saturated heterocycles. The van der Waals surface area contributed by atoms with E-state index < -0.39 is 0 Å². The van der Waals surface area contributed by atoms with Gasteiger partial charge in [-0.25, -0.2) is 4.98 Å². The molecule has 2 aromatic carbocycles. The van der Waals surface area contributed by atoms with Crippen molar-refractivity contribution in [3.8, 4) is 6.07 Å². The average Bonchev–Trinajstić information content (AvgIpc) is 2.81. The van der Waals surface area contributed by atoms with E-state index in [0.29, 0.717) is 5.56 Å². The molecule has 0 amide bonds. The molecule has 3 rings (SSSR count). The fourth-order valence-corrected chi connectivity index (χ4v) is 3.28. The maximum Gasteiger partial charge on any atom is 0.171 e. The van der Waals surface area contributed by atoms with E-state index in [2.05, 4.69) is 32.0 Å². The predicted molar refractivity (Wildman–Crippen MR) is 79.1 cm³/mol. The largest absolute Gasteiger partial charge is 0.333 e. The summed E-state index contributed by atoms with van der Waals surface area (Å²) in [6.07, 6.45) is 0. The van der Waals surface area contributed by atoms with Crippen LogP contribution in [0.2, 0.25) is 0 Å². The molecule has 0 aliphatic carbocycles. The maximum absolute atomic E-state index is 9.19. The van der Waals surface area contributed by atoms with Crippen LogP contribution in [0, 0.1) is 11.3 Å². The van der Waals surface area contributed by atoms with Crippen molar-refractivity contribution in [2.24, 2.45) is 0 Å². The zero-order valence-electron chi connectivity index (χ0n) is 9.72. The second-order valence-electron chi connectivity index (χ2n) is 3.89. The molecule has 19 heavy (non-hydrogen) atoms. The highest BCUT2D eigenvalue weighted by atomic mass is 79.9. The van der Waals surface area contributed by atoms with E-state index in [1.165, 1.54) is 11.8 Å². The summed E-state index contributed by atoms with van der Waals surface area (Å²) in [5, 5.41) is 9.98. The van der Waals surface area contributed by atoms with Crippen molar-refractivity contribution in [3.63, 3.8) is 0 Å². The Hall–Kier alpha value is -1.77. The Bertz CT molecular complexity index is 756. The Labute approximate surface area is 122 Å². The lowest BCUT2D eigenvalue weighted by molar-refractivity contribution is 1.08. The van der Waals surface area contributed by atoms with E-state index in [1.54, 1.807) is 0 Å². The number of aromatic nitrogens is 2. The Morgan fingerprint density at radius 1 is 1.16 bits per heavy atom. The summed E-state index contributed by atoms with van der Waals surface area (Å²) >= 11 is 4.85. The summed E-state index contributed by atoms with van der Waals surface area (Å²) in [5.41, 5.74) is 2.56. The minimum Gasteiger partial charge on any atom is -0.333 e. The van der Waals surface area contributed by atoms with Gasteiger partial charge in [0.05, 0.1) is 16.6 Å².